The first-order chi connectivity index (χ1) is 13.5. The van der Waals surface area contributed by atoms with Crippen LogP contribution >= 0.6 is 0 Å². The van der Waals surface area contributed by atoms with Gasteiger partial charge < -0.3 is 15.0 Å². The van der Waals surface area contributed by atoms with Crippen LogP contribution in [0.15, 0.2) is 42.7 Å². The maximum Gasteiger partial charge on any atom is 0.417 e. The number of carbonyl (C=O) groups excluding carboxylic acids is 1. The Bertz CT molecular complexity index is 1130. The van der Waals surface area contributed by atoms with Crippen LogP contribution in [0.1, 0.15) is 18.1 Å². The Labute approximate surface area is 162 Å². The van der Waals surface area contributed by atoms with E-state index in [0.29, 0.717) is 17.1 Å². The summed E-state index contributed by atoms with van der Waals surface area (Å²) in [7, 11) is 0. The van der Waals surface area contributed by atoms with Gasteiger partial charge in [-0.25, -0.2) is 9.37 Å². The van der Waals surface area contributed by atoms with Gasteiger partial charge in [0.05, 0.1) is 41.1 Å². The van der Waals surface area contributed by atoms with Gasteiger partial charge in [0.15, 0.2) is 5.60 Å². The fourth-order valence-corrected chi connectivity index (χ4v) is 2.78. The van der Waals surface area contributed by atoms with Crippen LogP contribution in [0.5, 0.6) is 0 Å². The van der Waals surface area contributed by atoms with Gasteiger partial charge in [0.2, 0.25) is 0 Å². The monoisotopic (exact) mass is 406 g/mol. The van der Waals surface area contributed by atoms with Crippen molar-refractivity contribution in [3.05, 3.63) is 59.7 Å². The highest BCUT2D eigenvalue weighted by Gasteiger charge is 2.35. The average molecular weight is 406 g/mol. The number of imidazole rings is 1. The Morgan fingerprint density at radius 3 is 2.66 bits per heavy atom. The van der Waals surface area contributed by atoms with Gasteiger partial charge in [0.25, 0.3) is 5.91 Å². The Balaban J connectivity index is 1.84. The van der Waals surface area contributed by atoms with Crippen LogP contribution in [-0.4, -0.2) is 26.2 Å². The van der Waals surface area contributed by atoms with Crippen LogP contribution in [0.3, 0.4) is 0 Å². The maximum absolute atomic E-state index is 13.5. The second-order valence-corrected chi connectivity index (χ2v) is 6.60. The zero-order valence-corrected chi connectivity index (χ0v) is 15.0. The van der Waals surface area contributed by atoms with E-state index in [1.807, 2.05) is 0 Å². The molecule has 0 aliphatic carbocycles. The van der Waals surface area contributed by atoms with Crippen molar-refractivity contribution < 1.29 is 27.5 Å². The van der Waals surface area contributed by atoms with Crippen molar-refractivity contribution in [2.75, 3.05) is 5.32 Å². The number of rotatable bonds is 4. The lowest BCUT2D eigenvalue weighted by Gasteiger charge is -2.23. The Morgan fingerprint density at radius 1 is 1.28 bits per heavy atom. The highest BCUT2D eigenvalue weighted by atomic mass is 19.4. The number of carbonyl (C=O) groups is 1. The van der Waals surface area contributed by atoms with Crippen molar-refractivity contribution in [1.82, 2.24) is 9.55 Å². The summed E-state index contributed by atoms with van der Waals surface area (Å²) >= 11 is 0. The molecule has 2 aromatic carbocycles. The van der Waals surface area contributed by atoms with Gasteiger partial charge in [-0.15, -0.1) is 0 Å². The van der Waals surface area contributed by atoms with Gasteiger partial charge in [-0.1, -0.05) is 0 Å². The van der Waals surface area contributed by atoms with Crippen LogP contribution < -0.4 is 5.32 Å². The Kier molecular flexibility index (Phi) is 5.02. The molecule has 0 saturated carbocycles. The molecule has 1 heterocycles. The van der Waals surface area contributed by atoms with Crippen LogP contribution in [0.4, 0.5) is 23.2 Å². The number of nitrogens with zero attached hydrogens (tertiary/aromatic N) is 3. The topological polar surface area (TPSA) is 90.9 Å². The number of aliphatic hydroxyl groups is 1. The highest BCUT2D eigenvalue weighted by Crippen LogP contribution is 2.33. The number of alkyl halides is 3. The minimum atomic E-state index is -4.78. The largest absolute Gasteiger partial charge is 0.417 e. The van der Waals surface area contributed by atoms with Crippen molar-refractivity contribution in [2.24, 2.45) is 0 Å². The number of amides is 1. The third-order valence-electron chi connectivity index (χ3n) is 4.25. The summed E-state index contributed by atoms with van der Waals surface area (Å²) in [4.78, 5) is 16.5. The molecule has 0 saturated heterocycles. The molecule has 6 nitrogen and oxygen atoms in total. The minimum absolute atomic E-state index is 0.233. The molecule has 2 N–H and O–H groups in total. The van der Waals surface area contributed by atoms with Gasteiger partial charge >= 0.3 is 6.18 Å². The fourth-order valence-electron chi connectivity index (χ4n) is 2.78. The molecule has 0 aliphatic heterocycles. The van der Waals surface area contributed by atoms with E-state index < -0.39 is 34.6 Å². The quantitative estimate of drug-likeness (QED) is 0.650. The first kappa shape index (κ1) is 20.3. The van der Waals surface area contributed by atoms with Crippen LogP contribution in [0.2, 0.25) is 0 Å². The predicted octanol–water partition coefficient (Wildman–Crippen LogP) is 3.46. The lowest BCUT2D eigenvalue weighted by atomic mass is 10.0. The van der Waals surface area contributed by atoms with Crippen LogP contribution in [0, 0.1) is 17.1 Å². The normalized spacial score (nSPS) is 13.7. The van der Waals surface area contributed by atoms with Crippen LogP contribution in [-0.2, 0) is 17.5 Å². The zero-order chi connectivity index (χ0) is 21.4. The molecular weight excluding hydrogens is 392 g/mol. The van der Waals surface area contributed by atoms with E-state index in [2.05, 4.69) is 10.3 Å². The average Bonchev–Trinajstić information content (AvgIpc) is 3.02. The molecule has 0 fully saturated rings. The second kappa shape index (κ2) is 7.18. The van der Waals surface area contributed by atoms with Crippen molar-refractivity contribution in [3.8, 4) is 6.07 Å². The van der Waals surface area contributed by atoms with E-state index in [1.165, 1.54) is 42.1 Å². The van der Waals surface area contributed by atoms with E-state index >= 15 is 0 Å². The third-order valence-corrected chi connectivity index (χ3v) is 4.25. The molecule has 0 aliphatic rings. The van der Waals surface area contributed by atoms with Crippen molar-refractivity contribution in [2.45, 2.75) is 25.2 Å². The summed E-state index contributed by atoms with van der Waals surface area (Å²) < 4.78 is 54.0. The molecule has 10 heteroatoms. The van der Waals surface area contributed by atoms with Gasteiger partial charge in [-0.05, 0) is 43.3 Å². The number of fused-ring (bicyclic) bond motifs is 1. The van der Waals surface area contributed by atoms with E-state index in [9.17, 15) is 27.5 Å². The number of halogens is 4. The molecule has 29 heavy (non-hydrogen) atoms. The van der Waals surface area contributed by atoms with E-state index in [1.54, 1.807) is 0 Å². The Morgan fingerprint density at radius 2 is 2.00 bits per heavy atom. The first-order valence-corrected chi connectivity index (χ1v) is 8.27. The summed E-state index contributed by atoms with van der Waals surface area (Å²) in [5.41, 5.74) is -3.28. The number of anilines is 1. The molecular formula is C19H14F4N4O2. The van der Waals surface area contributed by atoms with E-state index in [4.69, 9.17) is 5.26 Å². The number of aromatic nitrogens is 2. The van der Waals surface area contributed by atoms with Gasteiger partial charge in [-0.3, -0.25) is 4.79 Å². The number of nitrogens with one attached hydrogen (secondary N) is 1. The molecule has 1 unspecified atom stereocenters. The first-order valence-electron chi connectivity index (χ1n) is 8.27. The molecule has 3 aromatic rings. The molecule has 1 amide bonds. The zero-order valence-electron chi connectivity index (χ0n) is 15.0. The second-order valence-electron chi connectivity index (χ2n) is 6.60. The van der Waals surface area contributed by atoms with Crippen molar-refractivity contribution in [3.63, 3.8) is 0 Å². The van der Waals surface area contributed by atoms with Gasteiger partial charge in [0, 0.05) is 5.69 Å². The highest BCUT2D eigenvalue weighted by molar-refractivity contribution is 5.97. The van der Waals surface area contributed by atoms with Crippen LogP contribution in [0.25, 0.3) is 11.0 Å². The third kappa shape index (κ3) is 4.20. The fraction of sp³-hybridized carbons (Fsp3) is 0.211. The summed E-state index contributed by atoms with van der Waals surface area (Å²) in [5, 5.41) is 21.6. The number of benzene rings is 2. The molecule has 0 bridgehead atoms. The summed E-state index contributed by atoms with van der Waals surface area (Å²) in [6.45, 7) is 0.850. The summed E-state index contributed by atoms with van der Waals surface area (Å²) in [5.74, 6) is -1.51. The molecule has 150 valence electrons. The number of hydrogen-bond acceptors (Lipinski definition) is 4. The van der Waals surface area contributed by atoms with E-state index in [-0.39, 0.29) is 12.2 Å². The summed E-state index contributed by atoms with van der Waals surface area (Å²) in [6.07, 6.45) is -3.47. The predicted molar refractivity (Wildman–Crippen MR) is 95.1 cm³/mol. The maximum atomic E-state index is 13.5. The lowest BCUT2D eigenvalue weighted by Crippen LogP contribution is -2.43. The van der Waals surface area contributed by atoms with Gasteiger partial charge in [0.1, 0.15) is 5.82 Å². The molecule has 0 radical (unpaired) electrons. The molecule has 0 spiro atoms. The van der Waals surface area contributed by atoms with Crippen molar-refractivity contribution >= 4 is 22.6 Å². The molecule has 1 aromatic heterocycles. The van der Waals surface area contributed by atoms with E-state index in [0.717, 1.165) is 12.1 Å². The SMILES string of the molecule is CC(O)(Cn1cnc2ccc(F)cc21)C(=O)Nc1ccc(C#N)c(C(F)(F)F)c1. The smallest absolute Gasteiger partial charge is 0.378 e. The van der Waals surface area contributed by atoms with Crippen molar-refractivity contribution in [1.29, 1.82) is 5.26 Å². The standard InChI is InChI=1S/C19H14F4N4O2/c1-18(29,9-27-10-25-15-5-3-12(20)6-16(15)27)17(28)26-13-4-2-11(8-24)14(7-13)19(21,22)23/h2-7,10,29H,9H2,1H3,(H,26,28). The Hall–Kier alpha value is -3.45. The number of hydrogen-bond donors (Lipinski definition) is 2. The number of nitriles is 1. The molecule has 3 rings (SSSR count). The minimum Gasteiger partial charge on any atom is -0.378 e. The summed E-state index contributed by atoms with van der Waals surface area (Å²) in [6, 6.07) is 7.96. The molecule has 1 atom stereocenters. The lowest BCUT2D eigenvalue weighted by molar-refractivity contribution is -0.138. The van der Waals surface area contributed by atoms with Gasteiger partial charge in [-0.2, -0.15) is 18.4 Å².